The molecule has 2 aromatic carbocycles. The Morgan fingerprint density at radius 3 is 2.39 bits per heavy atom. The van der Waals surface area contributed by atoms with E-state index in [1.54, 1.807) is 13.2 Å². The Kier molecular flexibility index (Phi) is 6.72. The largest absolute Gasteiger partial charge is 0.375 e. The molecule has 150 valence electrons. The highest BCUT2D eigenvalue weighted by molar-refractivity contribution is 7.89. The fraction of sp³-hybridized carbons (Fsp3) is 0.350. The second-order valence-corrected chi connectivity index (χ2v) is 8.94. The van der Waals surface area contributed by atoms with Crippen molar-refractivity contribution in [1.29, 1.82) is 0 Å². The molecule has 1 aliphatic heterocycles. The number of ether oxygens (including phenoxy) is 1. The minimum atomic E-state index is -3.48. The fourth-order valence-electron chi connectivity index (χ4n) is 3.20. The smallest absolute Gasteiger partial charge is 0.251 e. The summed E-state index contributed by atoms with van der Waals surface area (Å²) in [7, 11) is -1.93. The van der Waals surface area contributed by atoms with Crippen molar-refractivity contribution in [3.8, 4) is 0 Å². The highest BCUT2D eigenvalue weighted by Gasteiger charge is 2.27. The molecule has 0 spiro atoms. The number of amides is 1. The first-order chi connectivity index (χ1) is 13.4. The maximum absolute atomic E-state index is 12.6. The number of carbonyl (C=O) groups excluding carboxylic acids is 1. The number of hydrogen-bond acceptors (Lipinski definition) is 4. The molecule has 0 saturated carbocycles. The van der Waals surface area contributed by atoms with Crippen molar-refractivity contribution < 1.29 is 17.9 Å². The summed E-state index contributed by atoms with van der Waals surface area (Å²) in [6, 6.07) is 13.3. The predicted molar refractivity (Wildman–Crippen MR) is 108 cm³/mol. The summed E-state index contributed by atoms with van der Waals surface area (Å²) in [5.74, 6) is -0.306. The minimum Gasteiger partial charge on any atom is -0.375 e. The van der Waals surface area contributed by atoms with Crippen LogP contribution in [0.15, 0.2) is 53.4 Å². The van der Waals surface area contributed by atoms with E-state index in [2.05, 4.69) is 5.32 Å². The molecular weight excluding hydrogens is 400 g/mol. The highest BCUT2D eigenvalue weighted by atomic mass is 35.5. The Labute approximate surface area is 170 Å². The summed E-state index contributed by atoms with van der Waals surface area (Å²) in [6.45, 7) is 1.34. The van der Waals surface area contributed by atoms with Crippen LogP contribution in [0.4, 0.5) is 0 Å². The molecule has 1 atom stereocenters. The van der Waals surface area contributed by atoms with E-state index in [1.165, 1.54) is 28.6 Å². The lowest BCUT2D eigenvalue weighted by molar-refractivity contribution is 0.0828. The molecule has 0 aromatic heterocycles. The van der Waals surface area contributed by atoms with Crippen LogP contribution in [0.25, 0.3) is 0 Å². The Hall–Kier alpha value is -1.93. The van der Waals surface area contributed by atoms with Crippen molar-refractivity contribution in [1.82, 2.24) is 9.62 Å². The van der Waals surface area contributed by atoms with E-state index in [-0.39, 0.29) is 23.5 Å². The van der Waals surface area contributed by atoms with Crippen LogP contribution < -0.4 is 5.32 Å². The molecule has 3 rings (SSSR count). The van der Waals surface area contributed by atoms with E-state index in [9.17, 15) is 13.2 Å². The van der Waals surface area contributed by atoms with Crippen molar-refractivity contribution in [3.05, 3.63) is 64.7 Å². The molecule has 8 heteroatoms. The lowest BCUT2D eigenvalue weighted by Crippen LogP contribution is -2.30. The number of halogens is 1. The van der Waals surface area contributed by atoms with Gasteiger partial charge in [-0.3, -0.25) is 4.79 Å². The van der Waals surface area contributed by atoms with Crippen molar-refractivity contribution in [2.24, 2.45) is 0 Å². The number of carbonyl (C=O) groups is 1. The summed E-state index contributed by atoms with van der Waals surface area (Å²) in [4.78, 5) is 12.6. The first-order valence-corrected chi connectivity index (χ1v) is 10.9. The van der Waals surface area contributed by atoms with Crippen LogP contribution in [0.2, 0.25) is 5.02 Å². The fourth-order valence-corrected chi connectivity index (χ4v) is 4.97. The van der Waals surface area contributed by atoms with E-state index in [4.69, 9.17) is 16.3 Å². The topological polar surface area (TPSA) is 75.7 Å². The van der Waals surface area contributed by atoms with Gasteiger partial charge in [0.15, 0.2) is 0 Å². The van der Waals surface area contributed by atoms with Crippen molar-refractivity contribution in [3.63, 3.8) is 0 Å². The number of methoxy groups -OCH3 is 1. The molecule has 2 aromatic rings. The normalized spacial score (nSPS) is 16.1. The maximum Gasteiger partial charge on any atom is 0.251 e. The summed E-state index contributed by atoms with van der Waals surface area (Å²) in [5.41, 5.74) is 1.17. The van der Waals surface area contributed by atoms with Gasteiger partial charge in [0.2, 0.25) is 10.0 Å². The zero-order valence-corrected chi connectivity index (χ0v) is 17.2. The molecule has 1 saturated heterocycles. The number of nitrogens with one attached hydrogen (secondary N) is 1. The van der Waals surface area contributed by atoms with Crippen LogP contribution in [0, 0.1) is 0 Å². The molecule has 1 unspecified atom stereocenters. The number of hydrogen-bond donors (Lipinski definition) is 1. The molecular formula is C20H23ClN2O4S. The van der Waals surface area contributed by atoms with Crippen LogP contribution >= 0.6 is 11.6 Å². The molecule has 0 aliphatic carbocycles. The number of rotatable bonds is 7. The van der Waals surface area contributed by atoms with Gasteiger partial charge in [-0.2, -0.15) is 4.31 Å². The van der Waals surface area contributed by atoms with Gasteiger partial charge in [-0.05, 0) is 43.2 Å². The maximum atomic E-state index is 12.6. The lowest BCUT2D eigenvalue weighted by atomic mass is 10.1. The number of sulfonamides is 1. The SMILES string of the molecule is COC(CNC(=O)c1ccc(S(=O)(=O)N2CCCC2)cc1)c1ccccc1Cl. The molecule has 1 aliphatic rings. The van der Waals surface area contributed by atoms with Crippen molar-refractivity contribution in [2.45, 2.75) is 23.8 Å². The van der Waals surface area contributed by atoms with Crippen molar-refractivity contribution in [2.75, 3.05) is 26.7 Å². The molecule has 28 heavy (non-hydrogen) atoms. The van der Waals surface area contributed by atoms with Gasteiger partial charge in [-0.25, -0.2) is 8.42 Å². The molecule has 6 nitrogen and oxygen atoms in total. The van der Waals surface area contributed by atoms with Crippen LogP contribution in [-0.2, 0) is 14.8 Å². The van der Waals surface area contributed by atoms with Crippen LogP contribution in [-0.4, -0.2) is 45.4 Å². The van der Waals surface area contributed by atoms with Crippen molar-refractivity contribution >= 4 is 27.5 Å². The van der Waals surface area contributed by atoms with Gasteiger partial charge in [0.1, 0.15) is 6.10 Å². The molecule has 1 N–H and O–H groups in total. The summed E-state index contributed by atoms with van der Waals surface area (Å²) in [6.07, 6.45) is 1.38. The Balaban J connectivity index is 1.65. The van der Waals surface area contributed by atoms with E-state index < -0.39 is 10.0 Å². The zero-order chi connectivity index (χ0) is 20.1. The standard InChI is InChI=1S/C20H23ClN2O4S/c1-27-19(17-6-2-3-7-18(17)21)14-22-20(24)15-8-10-16(11-9-15)28(25,26)23-12-4-5-13-23/h2-3,6-11,19H,4-5,12-14H2,1H3,(H,22,24). The van der Waals surface area contributed by atoms with Crippen LogP contribution in [0.1, 0.15) is 34.9 Å². The minimum absolute atomic E-state index is 0.205. The molecule has 0 bridgehead atoms. The number of benzene rings is 2. The first-order valence-electron chi connectivity index (χ1n) is 9.09. The second kappa shape index (κ2) is 9.05. The monoisotopic (exact) mass is 422 g/mol. The summed E-state index contributed by atoms with van der Waals surface area (Å²) < 4.78 is 32.0. The van der Waals surface area contributed by atoms with Gasteiger partial charge >= 0.3 is 0 Å². The quantitative estimate of drug-likeness (QED) is 0.743. The zero-order valence-electron chi connectivity index (χ0n) is 15.6. The van der Waals surface area contributed by atoms with Crippen LogP contribution in [0.5, 0.6) is 0 Å². The van der Waals surface area contributed by atoms with E-state index in [0.717, 1.165) is 18.4 Å². The van der Waals surface area contributed by atoms with Gasteiger partial charge < -0.3 is 10.1 Å². The average Bonchev–Trinajstić information content (AvgIpc) is 3.25. The van der Waals surface area contributed by atoms with Crippen LogP contribution in [0.3, 0.4) is 0 Å². The van der Waals surface area contributed by atoms with E-state index >= 15 is 0 Å². The first kappa shape index (κ1) is 20.8. The Bertz CT molecular complexity index is 925. The van der Waals surface area contributed by atoms with Gasteiger partial charge in [0.25, 0.3) is 5.91 Å². The Morgan fingerprint density at radius 1 is 1.14 bits per heavy atom. The number of nitrogens with zero attached hydrogens (tertiary/aromatic N) is 1. The third-order valence-corrected chi connectivity index (χ3v) is 7.06. The lowest BCUT2D eigenvalue weighted by Gasteiger charge is -2.18. The molecule has 0 radical (unpaired) electrons. The predicted octanol–water partition coefficient (Wildman–Crippen LogP) is 3.24. The summed E-state index contributed by atoms with van der Waals surface area (Å²) >= 11 is 6.19. The van der Waals surface area contributed by atoms with Gasteiger partial charge in [0.05, 0.1) is 4.90 Å². The van der Waals surface area contributed by atoms with Gasteiger partial charge in [0, 0.05) is 42.9 Å². The molecule has 1 fully saturated rings. The average molecular weight is 423 g/mol. The third kappa shape index (κ3) is 4.55. The molecule has 1 heterocycles. The summed E-state index contributed by atoms with van der Waals surface area (Å²) in [5, 5.41) is 3.38. The molecule has 1 amide bonds. The van der Waals surface area contributed by atoms with E-state index in [1.807, 2.05) is 18.2 Å². The second-order valence-electron chi connectivity index (χ2n) is 6.59. The van der Waals surface area contributed by atoms with Gasteiger partial charge in [-0.1, -0.05) is 29.8 Å². The third-order valence-electron chi connectivity index (χ3n) is 4.80. The Morgan fingerprint density at radius 2 is 1.79 bits per heavy atom. The van der Waals surface area contributed by atoms with E-state index in [0.29, 0.717) is 23.7 Å². The highest BCUT2D eigenvalue weighted by Crippen LogP contribution is 2.25. The van der Waals surface area contributed by atoms with Gasteiger partial charge in [-0.15, -0.1) is 0 Å².